The molecule has 20 nitrogen and oxygen atoms in total. The highest BCUT2D eigenvalue weighted by atomic mass is 32.1. The molecular formula is C65H81FN6O14S. The molecule has 2 aromatic heterocycles. The fourth-order valence-corrected chi connectivity index (χ4v) is 11.2. The highest BCUT2D eigenvalue weighted by Gasteiger charge is 2.44. The van der Waals surface area contributed by atoms with Crippen molar-refractivity contribution in [2.75, 3.05) is 71.3 Å². The average molecular weight is 1220 g/mol. The maximum atomic E-state index is 14.6. The van der Waals surface area contributed by atoms with Gasteiger partial charge in [-0.05, 0) is 102 Å². The van der Waals surface area contributed by atoms with Gasteiger partial charge in [0.2, 0.25) is 17.7 Å². The number of aryl methyl sites for hydroxylation is 1. The maximum absolute atomic E-state index is 14.6. The molecule has 6 aromatic rings. The van der Waals surface area contributed by atoms with E-state index in [0.717, 1.165) is 27.3 Å². The first-order valence-electron chi connectivity index (χ1n) is 29.2. The third-order valence-electron chi connectivity index (χ3n) is 14.6. The number of aliphatic hydroxyl groups excluding tert-OH is 3. The van der Waals surface area contributed by atoms with Crippen LogP contribution in [0.4, 0.5) is 10.1 Å². The standard InChI is InChI=1S/C65H81FN6O14S/c1-41(2)58-57(56(44-10-8-7-9-11-44)59(45-16-18-47(66)19-17-45)71(58)25-24-49(73)34-50(74)36-55(77)78)63(80)69-48-20-22-52(23-21-48)86-33-32-84-29-28-82-26-27-83-30-31-85-39-54(76)70-61(65(4,5)6)64(81)72-38-51(75)35-53(72)62(79)67-37-43-12-14-46(15-13-43)60-42(3)68-40-87-60/h7-23,40-41,49-51,53,61,73-75H,24-39H2,1-6H3,(H,67,79)(H,69,80)(H,70,76)(H,77,78)/t49-,50-,51+,53-,61+/m0/s1. The molecule has 1 fully saturated rings. The molecule has 1 aliphatic heterocycles. The van der Waals surface area contributed by atoms with Gasteiger partial charge in [0.1, 0.15) is 36.9 Å². The Balaban J connectivity index is 0.794. The number of halogens is 1. The minimum Gasteiger partial charge on any atom is -0.491 e. The average Bonchev–Trinajstić information content (AvgIpc) is 1.64. The van der Waals surface area contributed by atoms with Gasteiger partial charge in [0.15, 0.2) is 0 Å². The second-order valence-corrected chi connectivity index (χ2v) is 23.6. The Bertz CT molecular complexity index is 3190. The smallest absolute Gasteiger partial charge is 0.305 e. The normalized spacial score (nSPS) is 15.3. The number of rotatable bonds is 33. The van der Waals surface area contributed by atoms with Crippen LogP contribution in [0.15, 0.2) is 109 Å². The van der Waals surface area contributed by atoms with Crippen LogP contribution in [-0.2, 0) is 51.2 Å². The number of thiazole rings is 1. The maximum Gasteiger partial charge on any atom is 0.305 e. The van der Waals surface area contributed by atoms with E-state index < -0.39 is 71.7 Å². The molecule has 0 aliphatic carbocycles. The molecule has 4 amide bonds. The number of benzene rings is 4. The number of anilines is 1. The molecular weight excluding hydrogens is 1140 g/mol. The van der Waals surface area contributed by atoms with Gasteiger partial charge in [0, 0.05) is 43.0 Å². The number of amides is 4. The second kappa shape index (κ2) is 32.5. The van der Waals surface area contributed by atoms with E-state index in [9.17, 15) is 43.7 Å². The Labute approximate surface area is 511 Å². The number of aliphatic carboxylic acids is 1. The molecule has 5 atom stereocenters. The summed E-state index contributed by atoms with van der Waals surface area (Å²) in [4.78, 5) is 73.1. The quantitative estimate of drug-likeness (QED) is 0.0192. The van der Waals surface area contributed by atoms with Crippen LogP contribution in [0.25, 0.3) is 32.8 Å². The molecule has 1 saturated heterocycles. The first kappa shape index (κ1) is 67.1. The van der Waals surface area contributed by atoms with Crippen LogP contribution in [0.1, 0.15) is 93.5 Å². The van der Waals surface area contributed by atoms with Crippen molar-refractivity contribution >= 4 is 46.6 Å². The lowest BCUT2D eigenvalue weighted by Crippen LogP contribution is -2.58. The number of aromatic nitrogens is 2. The van der Waals surface area contributed by atoms with E-state index >= 15 is 0 Å². The number of aliphatic hydroxyl groups is 3. The molecule has 7 rings (SSSR count). The van der Waals surface area contributed by atoms with Crippen molar-refractivity contribution in [1.82, 2.24) is 25.1 Å². The predicted octanol–water partition coefficient (Wildman–Crippen LogP) is 8.00. The van der Waals surface area contributed by atoms with Crippen molar-refractivity contribution in [3.63, 3.8) is 0 Å². The lowest BCUT2D eigenvalue weighted by atomic mass is 9.85. The van der Waals surface area contributed by atoms with Crippen molar-refractivity contribution in [2.24, 2.45) is 5.41 Å². The SMILES string of the molecule is Cc1ncsc1-c1ccc(CNC(=O)[C@@H]2C[C@@H](O)CN2C(=O)[C@@H](NC(=O)COCCOCCOCCOCCOc2ccc(NC(=O)c3c(-c4ccccc4)c(-c4ccc(F)cc4)n(CC[C@H](O)C[C@H](O)CC(=O)O)c3C(C)C)cc2)C(C)(C)C)cc1. The number of nitrogens with one attached hydrogen (secondary N) is 3. The summed E-state index contributed by atoms with van der Waals surface area (Å²) in [6.45, 7) is 13.4. The topological polar surface area (TPSA) is 270 Å². The van der Waals surface area contributed by atoms with Crippen molar-refractivity contribution in [1.29, 1.82) is 0 Å². The number of hydrogen-bond acceptors (Lipinski definition) is 15. The Morgan fingerprint density at radius 1 is 0.782 bits per heavy atom. The van der Waals surface area contributed by atoms with Crippen LogP contribution in [0, 0.1) is 18.2 Å². The predicted molar refractivity (Wildman–Crippen MR) is 328 cm³/mol. The third kappa shape index (κ3) is 19.5. The minimum atomic E-state index is -1.24. The number of carbonyl (C=O) groups excluding carboxylic acids is 4. The van der Waals surface area contributed by atoms with Crippen molar-refractivity contribution in [2.45, 2.75) is 117 Å². The van der Waals surface area contributed by atoms with E-state index in [1.165, 1.54) is 17.0 Å². The summed E-state index contributed by atoms with van der Waals surface area (Å²) >= 11 is 1.56. The largest absolute Gasteiger partial charge is 0.491 e. The molecule has 468 valence electrons. The highest BCUT2D eigenvalue weighted by molar-refractivity contribution is 7.13. The molecule has 22 heteroatoms. The molecule has 4 aromatic carbocycles. The van der Waals surface area contributed by atoms with E-state index in [0.29, 0.717) is 59.3 Å². The van der Waals surface area contributed by atoms with Gasteiger partial charge in [-0.2, -0.15) is 0 Å². The van der Waals surface area contributed by atoms with E-state index in [1.807, 2.05) is 101 Å². The van der Waals surface area contributed by atoms with Crippen LogP contribution in [0.5, 0.6) is 5.75 Å². The number of nitrogens with zero attached hydrogens (tertiary/aromatic N) is 3. The lowest BCUT2D eigenvalue weighted by molar-refractivity contribution is -0.144. The van der Waals surface area contributed by atoms with Crippen molar-refractivity contribution in [3.05, 3.63) is 137 Å². The first-order chi connectivity index (χ1) is 41.7. The fraction of sp³-hybridized carbons (Fsp3) is 0.446. The van der Waals surface area contributed by atoms with Gasteiger partial charge in [-0.3, -0.25) is 24.0 Å². The summed E-state index contributed by atoms with van der Waals surface area (Å²) in [7, 11) is 0. The van der Waals surface area contributed by atoms with Gasteiger partial charge in [-0.15, -0.1) is 11.3 Å². The van der Waals surface area contributed by atoms with Crippen LogP contribution in [0.2, 0.25) is 0 Å². The third-order valence-corrected chi connectivity index (χ3v) is 15.5. The van der Waals surface area contributed by atoms with Crippen LogP contribution in [-0.4, -0.2) is 161 Å². The molecule has 1 aliphatic rings. The fourth-order valence-electron chi connectivity index (χ4n) is 10.3. The van der Waals surface area contributed by atoms with E-state index in [2.05, 4.69) is 20.9 Å². The molecule has 7 N–H and O–H groups in total. The van der Waals surface area contributed by atoms with Gasteiger partial charge < -0.3 is 69.5 Å². The highest BCUT2D eigenvalue weighted by Crippen LogP contribution is 2.43. The Kier molecular flexibility index (Phi) is 25.1. The molecule has 0 radical (unpaired) electrons. The number of ether oxygens (including phenoxy) is 5. The molecule has 0 spiro atoms. The summed E-state index contributed by atoms with van der Waals surface area (Å²) in [5.74, 6) is -3.03. The number of likely N-dealkylation sites (tertiary alicyclic amines) is 1. The van der Waals surface area contributed by atoms with Crippen LogP contribution < -0.4 is 20.7 Å². The van der Waals surface area contributed by atoms with Gasteiger partial charge in [-0.1, -0.05) is 89.2 Å². The molecule has 3 heterocycles. The molecule has 0 unspecified atom stereocenters. The van der Waals surface area contributed by atoms with Crippen molar-refractivity contribution in [3.8, 4) is 38.6 Å². The monoisotopic (exact) mass is 1220 g/mol. The number of carboxylic acid groups (broad SMARTS) is 1. The first-order valence-corrected chi connectivity index (χ1v) is 30.1. The number of hydrogen-bond donors (Lipinski definition) is 7. The van der Waals surface area contributed by atoms with Gasteiger partial charge >= 0.3 is 5.97 Å². The summed E-state index contributed by atoms with van der Waals surface area (Å²) in [6.07, 6.45) is -3.62. The summed E-state index contributed by atoms with van der Waals surface area (Å²) < 4.78 is 44.6. The Morgan fingerprint density at radius 2 is 1.40 bits per heavy atom. The van der Waals surface area contributed by atoms with E-state index in [1.54, 1.807) is 53.2 Å². The zero-order chi connectivity index (χ0) is 62.6. The Hall–Kier alpha value is -7.41. The second-order valence-electron chi connectivity index (χ2n) is 22.8. The number of carboxylic acids is 1. The number of carbonyl (C=O) groups is 5. The summed E-state index contributed by atoms with van der Waals surface area (Å²) in [5, 5.41) is 49.7. The zero-order valence-electron chi connectivity index (χ0n) is 50.2. The van der Waals surface area contributed by atoms with Crippen LogP contribution >= 0.6 is 11.3 Å². The van der Waals surface area contributed by atoms with Gasteiger partial charge in [0.25, 0.3) is 5.91 Å². The lowest BCUT2D eigenvalue weighted by Gasteiger charge is -2.35. The summed E-state index contributed by atoms with van der Waals surface area (Å²) in [6, 6.07) is 28.2. The van der Waals surface area contributed by atoms with Crippen LogP contribution in [0.3, 0.4) is 0 Å². The van der Waals surface area contributed by atoms with E-state index in [4.69, 9.17) is 28.8 Å². The van der Waals surface area contributed by atoms with Crippen molar-refractivity contribution < 1.29 is 72.5 Å². The van der Waals surface area contributed by atoms with E-state index in [-0.39, 0.29) is 90.4 Å². The van der Waals surface area contributed by atoms with Gasteiger partial charge in [-0.25, -0.2) is 9.37 Å². The molecule has 0 saturated carbocycles. The molecule has 87 heavy (non-hydrogen) atoms. The summed E-state index contributed by atoms with van der Waals surface area (Å²) in [5.41, 5.74) is 8.15. The molecule has 0 bridgehead atoms. The Morgan fingerprint density at radius 3 is 2.00 bits per heavy atom. The zero-order valence-corrected chi connectivity index (χ0v) is 51.0. The van der Waals surface area contributed by atoms with Gasteiger partial charge in [0.05, 0.1) is 98.3 Å². The minimum absolute atomic E-state index is 0.0403. The number of β-amino-alcohol motifs (C(OH)–C–C–N with tert-alkyl or cyclic N) is 1.